The van der Waals surface area contributed by atoms with Gasteiger partial charge in [-0.05, 0) is 26.3 Å². The van der Waals surface area contributed by atoms with E-state index < -0.39 is 5.54 Å². The lowest BCUT2D eigenvalue weighted by atomic mass is 9.98. The average Bonchev–Trinajstić information content (AvgIpc) is 2.73. The zero-order valence-electron chi connectivity index (χ0n) is 10.5. The lowest BCUT2D eigenvalue weighted by molar-refractivity contribution is 0.133. The van der Waals surface area contributed by atoms with Crippen LogP contribution in [0.15, 0.2) is 35.4 Å². The highest BCUT2D eigenvalue weighted by Gasteiger charge is 2.36. The van der Waals surface area contributed by atoms with Crippen molar-refractivity contribution < 1.29 is 0 Å². The second kappa shape index (κ2) is 4.21. The van der Waals surface area contributed by atoms with Crippen LogP contribution >= 0.6 is 0 Å². The maximum absolute atomic E-state index is 9.24. The van der Waals surface area contributed by atoms with Crippen LogP contribution in [0, 0.1) is 11.3 Å². The van der Waals surface area contributed by atoms with Crippen LogP contribution in [0.3, 0.4) is 0 Å². The summed E-state index contributed by atoms with van der Waals surface area (Å²) in [4.78, 5) is 0. The van der Waals surface area contributed by atoms with Gasteiger partial charge in [0.1, 0.15) is 5.54 Å². The molecule has 1 aliphatic heterocycles. The Labute approximate surface area is 102 Å². The topological polar surface area (TPSA) is 39.4 Å². The molecule has 1 aromatic carbocycles. The summed E-state index contributed by atoms with van der Waals surface area (Å²) in [6, 6.07) is 12.8. The van der Waals surface area contributed by atoms with Gasteiger partial charge in [0.15, 0.2) is 0 Å². The molecular formula is C14H17N3. The lowest BCUT2D eigenvalue weighted by Crippen LogP contribution is -2.39. The van der Waals surface area contributed by atoms with Gasteiger partial charge in [-0.3, -0.25) is 5.01 Å². The van der Waals surface area contributed by atoms with Crippen LogP contribution in [0.5, 0.6) is 0 Å². The van der Waals surface area contributed by atoms with E-state index in [2.05, 4.69) is 23.3 Å². The van der Waals surface area contributed by atoms with Crippen molar-refractivity contribution in [2.75, 3.05) is 0 Å². The van der Waals surface area contributed by atoms with E-state index >= 15 is 0 Å². The standard InChI is InChI=1S/C14H17N3/c1-11-9-13(12-7-5-4-6-8-12)17(16-11)14(2,3)10-15/h4-8,13H,9H2,1-3H3. The lowest BCUT2D eigenvalue weighted by Gasteiger charge is -2.33. The minimum Gasteiger partial charge on any atom is -0.270 e. The second-order valence-corrected chi connectivity index (χ2v) is 4.98. The third-order valence-corrected chi connectivity index (χ3v) is 3.09. The molecule has 0 fully saturated rings. The summed E-state index contributed by atoms with van der Waals surface area (Å²) < 4.78 is 0. The van der Waals surface area contributed by atoms with E-state index in [0.717, 1.165) is 12.1 Å². The predicted octanol–water partition coefficient (Wildman–Crippen LogP) is 3.11. The fourth-order valence-corrected chi connectivity index (χ4v) is 2.16. The molecule has 0 N–H and O–H groups in total. The van der Waals surface area contributed by atoms with E-state index in [0.29, 0.717) is 0 Å². The molecular weight excluding hydrogens is 210 g/mol. The summed E-state index contributed by atoms with van der Waals surface area (Å²) in [6.45, 7) is 5.83. The molecule has 0 bridgehead atoms. The van der Waals surface area contributed by atoms with Crippen molar-refractivity contribution >= 4 is 5.71 Å². The summed E-state index contributed by atoms with van der Waals surface area (Å²) in [5.41, 5.74) is 1.73. The largest absolute Gasteiger partial charge is 0.270 e. The molecule has 1 heterocycles. The van der Waals surface area contributed by atoms with Crippen LogP contribution in [0.2, 0.25) is 0 Å². The summed E-state index contributed by atoms with van der Waals surface area (Å²) in [7, 11) is 0. The molecule has 0 aromatic heterocycles. The zero-order chi connectivity index (χ0) is 12.5. The van der Waals surface area contributed by atoms with Gasteiger partial charge in [0.2, 0.25) is 0 Å². The Morgan fingerprint density at radius 1 is 1.35 bits per heavy atom. The molecule has 2 rings (SSSR count). The fraction of sp³-hybridized carbons (Fsp3) is 0.429. The van der Waals surface area contributed by atoms with Crippen molar-refractivity contribution in [3.8, 4) is 6.07 Å². The van der Waals surface area contributed by atoms with Gasteiger partial charge in [-0.15, -0.1) is 0 Å². The third kappa shape index (κ3) is 2.16. The van der Waals surface area contributed by atoms with Crippen molar-refractivity contribution in [1.82, 2.24) is 5.01 Å². The van der Waals surface area contributed by atoms with Gasteiger partial charge < -0.3 is 0 Å². The molecule has 0 spiro atoms. The number of nitrogens with zero attached hydrogens (tertiary/aromatic N) is 3. The van der Waals surface area contributed by atoms with Crippen LogP contribution in [-0.4, -0.2) is 16.3 Å². The summed E-state index contributed by atoms with van der Waals surface area (Å²) in [5, 5.41) is 15.7. The van der Waals surface area contributed by atoms with Gasteiger partial charge in [0, 0.05) is 12.1 Å². The van der Waals surface area contributed by atoms with Gasteiger partial charge in [-0.1, -0.05) is 30.3 Å². The van der Waals surface area contributed by atoms with Crippen LogP contribution < -0.4 is 0 Å². The number of nitriles is 1. The Morgan fingerprint density at radius 3 is 2.59 bits per heavy atom. The first-order chi connectivity index (χ1) is 8.04. The second-order valence-electron chi connectivity index (χ2n) is 4.98. The predicted molar refractivity (Wildman–Crippen MR) is 68.4 cm³/mol. The highest BCUT2D eigenvalue weighted by atomic mass is 15.5. The van der Waals surface area contributed by atoms with Gasteiger partial charge in [0.05, 0.1) is 12.1 Å². The Balaban J connectivity index is 2.34. The van der Waals surface area contributed by atoms with Gasteiger partial charge in [-0.2, -0.15) is 10.4 Å². The number of benzene rings is 1. The Morgan fingerprint density at radius 2 is 2.00 bits per heavy atom. The molecule has 0 radical (unpaired) electrons. The van der Waals surface area contributed by atoms with E-state index in [1.807, 2.05) is 44.0 Å². The van der Waals surface area contributed by atoms with Crippen molar-refractivity contribution in [1.29, 1.82) is 5.26 Å². The molecule has 0 saturated carbocycles. The SMILES string of the molecule is CC1=NN(C(C)(C)C#N)C(c2ccccc2)C1. The Bertz CT molecular complexity index is 468. The van der Waals surface area contributed by atoms with Crippen molar-refractivity contribution in [3.05, 3.63) is 35.9 Å². The molecule has 1 atom stereocenters. The normalized spacial score (nSPS) is 20.0. The molecule has 0 saturated heterocycles. The average molecular weight is 227 g/mol. The maximum atomic E-state index is 9.24. The molecule has 88 valence electrons. The highest BCUT2D eigenvalue weighted by Crippen LogP contribution is 2.35. The molecule has 0 amide bonds. The smallest absolute Gasteiger partial charge is 0.139 e. The third-order valence-electron chi connectivity index (χ3n) is 3.09. The van der Waals surface area contributed by atoms with E-state index in [-0.39, 0.29) is 6.04 Å². The first kappa shape index (κ1) is 11.7. The molecule has 3 heteroatoms. The first-order valence-corrected chi connectivity index (χ1v) is 5.84. The van der Waals surface area contributed by atoms with E-state index in [9.17, 15) is 5.26 Å². The van der Waals surface area contributed by atoms with Crippen molar-refractivity contribution in [2.24, 2.45) is 5.10 Å². The van der Waals surface area contributed by atoms with E-state index in [1.165, 1.54) is 5.56 Å². The van der Waals surface area contributed by atoms with Crippen LogP contribution in [0.1, 0.15) is 38.8 Å². The number of hydrogen-bond acceptors (Lipinski definition) is 3. The van der Waals surface area contributed by atoms with Crippen LogP contribution in [-0.2, 0) is 0 Å². The molecule has 1 unspecified atom stereocenters. The van der Waals surface area contributed by atoms with Crippen molar-refractivity contribution in [3.63, 3.8) is 0 Å². The van der Waals surface area contributed by atoms with Crippen LogP contribution in [0.25, 0.3) is 0 Å². The molecule has 1 aromatic rings. The molecule has 0 aliphatic carbocycles. The van der Waals surface area contributed by atoms with Gasteiger partial charge in [0.25, 0.3) is 0 Å². The first-order valence-electron chi connectivity index (χ1n) is 5.84. The summed E-state index contributed by atoms with van der Waals surface area (Å²) in [5.74, 6) is 0. The van der Waals surface area contributed by atoms with E-state index in [1.54, 1.807) is 0 Å². The zero-order valence-corrected chi connectivity index (χ0v) is 10.5. The van der Waals surface area contributed by atoms with Gasteiger partial charge >= 0.3 is 0 Å². The van der Waals surface area contributed by atoms with Crippen molar-refractivity contribution in [2.45, 2.75) is 38.8 Å². The minimum atomic E-state index is -0.571. The Kier molecular flexibility index (Phi) is 2.89. The van der Waals surface area contributed by atoms with Crippen LogP contribution in [0.4, 0.5) is 0 Å². The summed E-state index contributed by atoms with van der Waals surface area (Å²) >= 11 is 0. The maximum Gasteiger partial charge on any atom is 0.139 e. The highest BCUT2D eigenvalue weighted by molar-refractivity contribution is 5.84. The quantitative estimate of drug-likeness (QED) is 0.778. The van der Waals surface area contributed by atoms with E-state index in [4.69, 9.17) is 0 Å². The number of hydrazone groups is 1. The Hall–Kier alpha value is -1.82. The fourth-order valence-electron chi connectivity index (χ4n) is 2.16. The monoisotopic (exact) mass is 227 g/mol. The van der Waals surface area contributed by atoms with Gasteiger partial charge in [-0.25, -0.2) is 0 Å². The molecule has 1 aliphatic rings. The minimum absolute atomic E-state index is 0.186. The summed E-state index contributed by atoms with van der Waals surface area (Å²) in [6.07, 6.45) is 0.898. The molecule has 3 nitrogen and oxygen atoms in total. The molecule has 17 heavy (non-hydrogen) atoms. The number of rotatable bonds is 2. The number of hydrogen-bond donors (Lipinski definition) is 0.